The lowest BCUT2D eigenvalue weighted by atomic mass is 9.92. The second-order valence-corrected chi connectivity index (χ2v) is 4.91. The summed E-state index contributed by atoms with van der Waals surface area (Å²) in [6.07, 6.45) is 0. The fourth-order valence-electron chi connectivity index (χ4n) is 2.21. The molecule has 80 valence electrons. The summed E-state index contributed by atoms with van der Waals surface area (Å²) in [4.78, 5) is 0. The van der Waals surface area contributed by atoms with Gasteiger partial charge in [-0.2, -0.15) is 0 Å². The van der Waals surface area contributed by atoms with Gasteiger partial charge >= 0.3 is 0 Å². The number of halogens is 1. The van der Waals surface area contributed by atoms with E-state index < -0.39 is 0 Å². The molecule has 1 atom stereocenters. The third-order valence-corrected chi connectivity index (χ3v) is 3.48. The first kappa shape index (κ1) is 9.63. The number of ether oxygens (including phenoxy) is 2. The van der Waals surface area contributed by atoms with Gasteiger partial charge in [-0.3, -0.25) is 0 Å². The maximum Gasteiger partial charge on any atom is 0.124 e. The molecule has 3 rings (SSSR count). The molecule has 4 heteroatoms. The molecule has 1 spiro atoms. The normalized spacial score (nSPS) is 28.9. The van der Waals surface area contributed by atoms with Crippen LogP contribution in [0.2, 0.25) is 0 Å². The number of morpholine rings is 1. The van der Waals surface area contributed by atoms with Crippen LogP contribution >= 0.6 is 15.9 Å². The molecule has 0 aromatic heterocycles. The third-order valence-electron chi connectivity index (χ3n) is 2.99. The van der Waals surface area contributed by atoms with E-state index in [0.717, 1.165) is 23.4 Å². The molecule has 15 heavy (non-hydrogen) atoms. The number of benzene rings is 1. The summed E-state index contributed by atoms with van der Waals surface area (Å²) in [5.74, 6) is 0.969. The summed E-state index contributed by atoms with van der Waals surface area (Å²) in [6.45, 7) is 3.02. The molecule has 0 amide bonds. The third kappa shape index (κ3) is 1.48. The first-order chi connectivity index (χ1) is 7.30. The molecule has 0 radical (unpaired) electrons. The van der Waals surface area contributed by atoms with E-state index in [1.165, 1.54) is 5.56 Å². The quantitative estimate of drug-likeness (QED) is 0.777. The van der Waals surface area contributed by atoms with Crippen LogP contribution in [0, 0.1) is 0 Å². The maximum absolute atomic E-state index is 5.68. The van der Waals surface area contributed by atoms with Gasteiger partial charge in [0, 0.05) is 16.6 Å². The molecule has 1 fully saturated rings. The van der Waals surface area contributed by atoms with E-state index in [4.69, 9.17) is 9.47 Å². The van der Waals surface area contributed by atoms with Gasteiger partial charge in [-0.1, -0.05) is 15.9 Å². The van der Waals surface area contributed by atoms with E-state index >= 15 is 0 Å². The Morgan fingerprint density at radius 2 is 2.27 bits per heavy atom. The zero-order chi connectivity index (χ0) is 10.3. The Labute approximate surface area is 96.9 Å². The molecule has 0 saturated carbocycles. The lowest BCUT2D eigenvalue weighted by molar-refractivity contribution is 0.0160. The largest absolute Gasteiger partial charge is 0.491 e. The van der Waals surface area contributed by atoms with Crippen molar-refractivity contribution in [3.8, 4) is 5.75 Å². The molecular formula is C11H12BrNO2. The van der Waals surface area contributed by atoms with Gasteiger partial charge in [-0.25, -0.2) is 0 Å². The highest BCUT2D eigenvalue weighted by Gasteiger charge is 2.42. The van der Waals surface area contributed by atoms with Crippen molar-refractivity contribution in [2.24, 2.45) is 0 Å². The molecule has 1 aromatic rings. The fraction of sp³-hybridized carbons (Fsp3) is 0.455. The van der Waals surface area contributed by atoms with Crippen LogP contribution in [0.4, 0.5) is 0 Å². The first-order valence-corrected chi connectivity index (χ1v) is 5.85. The van der Waals surface area contributed by atoms with Crippen LogP contribution in [0.25, 0.3) is 0 Å². The van der Waals surface area contributed by atoms with E-state index in [1.54, 1.807) is 0 Å². The van der Waals surface area contributed by atoms with Crippen molar-refractivity contribution >= 4 is 15.9 Å². The van der Waals surface area contributed by atoms with Crippen LogP contribution in [0.1, 0.15) is 5.56 Å². The second kappa shape index (κ2) is 3.47. The maximum atomic E-state index is 5.68. The summed E-state index contributed by atoms with van der Waals surface area (Å²) in [5.41, 5.74) is 1.08. The molecule has 2 aliphatic rings. The molecule has 3 nitrogen and oxygen atoms in total. The van der Waals surface area contributed by atoms with Crippen molar-refractivity contribution < 1.29 is 9.47 Å². The molecular weight excluding hydrogens is 258 g/mol. The van der Waals surface area contributed by atoms with Crippen molar-refractivity contribution in [1.29, 1.82) is 0 Å². The van der Waals surface area contributed by atoms with Crippen LogP contribution in [-0.2, 0) is 10.3 Å². The van der Waals surface area contributed by atoms with Crippen LogP contribution in [0.15, 0.2) is 22.7 Å². The molecule has 1 saturated heterocycles. The molecule has 2 aliphatic heterocycles. The highest BCUT2D eigenvalue weighted by Crippen LogP contribution is 2.39. The van der Waals surface area contributed by atoms with Crippen molar-refractivity contribution in [3.63, 3.8) is 0 Å². The first-order valence-electron chi connectivity index (χ1n) is 5.06. The number of nitrogens with one attached hydrogen (secondary N) is 1. The summed E-state index contributed by atoms with van der Waals surface area (Å²) in [7, 11) is 0. The summed E-state index contributed by atoms with van der Waals surface area (Å²) < 4.78 is 12.3. The average molecular weight is 270 g/mol. The molecule has 1 aromatic carbocycles. The predicted molar refractivity (Wildman–Crippen MR) is 60.1 cm³/mol. The van der Waals surface area contributed by atoms with Gasteiger partial charge in [0.1, 0.15) is 17.9 Å². The smallest absolute Gasteiger partial charge is 0.124 e. The highest BCUT2D eigenvalue weighted by atomic mass is 79.9. The van der Waals surface area contributed by atoms with Crippen molar-refractivity contribution in [2.45, 2.75) is 5.54 Å². The van der Waals surface area contributed by atoms with Gasteiger partial charge in [0.05, 0.1) is 13.2 Å². The van der Waals surface area contributed by atoms with Crippen molar-refractivity contribution in [1.82, 2.24) is 5.32 Å². The van der Waals surface area contributed by atoms with Gasteiger partial charge in [-0.05, 0) is 18.2 Å². The molecule has 0 unspecified atom stereocenters. The van der Waals surface area contributed by atoms with E-state index in [2.05, 4.69) is 27.3 Å². The van der Waals surface area contributed by atoms with Crippen molar-refractivity contribution in [2.75, 3.05) is 26.4 Å². The Morgan fingerprint density at radius 1 is 1.33 bits per heavy atom. The Kier molecular flexibility index (Phi) is 2.23. The topological polar surface area (TPSA) is 30.5 Å². The van der Waals surface area contributed by atoms with E-state index in [-0.39, 0.29) is 5.54 Å². The minimum absolute atomic E-state index is 0.128. The van der Waals surface area contributed by atoms with E-state index in [0.29, 0.717) is 13.2 Å². The molecule has 0 bridgehead atoms. The lowest BCUT2D eigenvalue weighted by Crippen LogP contribution is -2.52. The van der Waals surface area contributed by atoms with Gasteiger partial charge in [-0.15, -0.1) is 0 Å². The monoisotopic (exact) mass is 269 g/mol. The highest BCUT2D eigenvalue weighted by molar-refractivity contribution is 9.10. The Morgan fingerprint density at radius 3 is 3.07 bits per heavy atom. The Hall–Kier alpha value is -0.580. The second-order valence-electron chi connectivity index (χ2n) is 3.99. The number of fused-ring (bicyclic) bond motifs is 2. The molecule has 0 aliphatic carbocycles. The van der Waals surface area contributed by atoms with Gasteiger partial charge in [0.25, 0.3) is 0 Å². The lowest BCUT2D eigenvalue weighted by Gasteiger charge is -2.33. The zero-order valence-electron chi connectivity index (χ0n) is 8.25. The van der Waals surface area contributed by atoms with Crippen molar-refractivity contribution in [3.05, 3.63) is 28.2 Å². The van der Waals surface area contributed by atoms with E-state index in [1.807, 2.05) is 12.1 Å². The standard InChI is InChI=1S/C11H12BrNO2/c12-8-1-2-10-9(5-8)11(7-15-10)6-14-4-3-13-11/h1-2,5,13H,3-4,6-7H2/t11-/m0/s1. The van der Waals surface area contributed by atoms with Crippen LogP contribution in [0.3, 0.4) is 0 Å². The van der Waals surface area contributed by atoms with Crippen LogP contribution in [0.5, 0.6) is 5.75 Å². The van der Waals surface area contributed by atoms with Gasteiger partial charge in [0.15, 0.2) is 0 Å². The SMILES string of the molecule is Brc1ccc2c(c1)[C@]1(COCCN1)CO2. The zero-order valence-corrected chi connectivity index (χ0v) is 9.84. The summed E-state index contributed by atoms with van der Waals surface area (Å²) in [5, 5.41) is 3.51. The summed E-state index contributed by atoms with van der Waals surface area (Å²) in [6, 6.07) is 6.12. The predicted octanol–water partition coefficient (Wildman–Crippen LogP) is 1.66. The molecule has 2 heterocycles. The van der Waals surface area contributed by atoms with Crippen LogP contribution in [-0.4, -0.2) is 26.4 Å². The van der Waals surface area contributed by atoms with Gasteiger partial charge < -0.3 is 14.8 Å². The Bertz CT molecular complexity index is 383. The van der Waals surface area contributed by atoms with E-state index in [9.17, 15) is 0 Å². The average Bonchev–Trinajstić information content (AvgIpc) is 2.59. The minimum Gasteiger partial charge on any atom is -0.491 e. The minimum atomic E-state index is -0.128. The van der Waals surface area contributed by atoms with Crippen LogP contribution < -0.4 is 10.1 Å². The summed E-state index contributed by atoms with van der Waals surface area (Å²) >= 11 is 3.49. The number of hydrogen-bond donors (Lipinski definition) is 1. The number of hydrogen-bond acceptors (Lipinski definition) is 3. The fourth-order valence-corrected chi connectivity index (χ4v) is 2.57. The number of rotatable bonds is 0. The van der Waals surface area contributed by atoms with Gasteiger partial charge in [0.2, 0.25) is 0 Å². The Balaban J connectivity index is 2.05. The molecule has 1 N–H and O–H groups in total.